The Kier molecular flexibility index (Phi) is 14.8. The van der Waals surface area contributed by atoms with Crippen LogP contribution in [-0.4, -0.2) is 11.4 Å². The Morgan fingerprint density at radius 3 is 1.40 bits per heavy atom. The van der Waals surface area contributed by atoms with Crippen LogP contribution in [0.4, 0.5) is 28.4 Å². The summed E-state index contributed by atoms with van der Waals surface area (Å²) in [7, 11) is 0. The number of anilines is 5. The summed E-state index contributed by atoms with van der Waals surface area (Å²) in [4.78, 5) is 17.7. The zero-order chi connectivity index (χ0) is 47.7. The van der Waals surface area contributed by atoms with E-state index in [9.17, 15) is 4.79 Å². The summed E-state index contributed by atoms with van der Waals surface area (Å²) in [5.74, 6) is 2.19. The lowest BCUT2D eigenvalue weighted by Gasteiger charge is -2.28. The molecule has 0 aliphatic heterocycles. The maximum Gasteiger partial charge on any atom is 0.193 e. The fraction of sp³-hybridized carbons (Fsp3) is 0.210. The number of hydrogen-bond donors (Lipinski definition) is 0. The van der Waals surface area contributed by atoms with E-state index in [0.29, 0.717) is 22.6 Å². The molecule has 340 valence electrons. The molecule has 0 saturated carbocycles. The summed E-state index contributed by atoms with van der Waals surface area (Å²) in [5.41, 5.74) is 12.8. The van der Waals surface area contributed by atoms with E-state index in [-0.39, 0.29) is 16.8 Å². The van der Waals surface area contributed by atoms with Gasteiger partial charge in [-0.2, -0.15) is 0 Å². The maximum atomic E-state index is 13.3. The predicted molar refractivity (Wildman–Crippen MR) is 282 cm³/mol. The van der Waals surface area contributed by atoms with E-state index < -0.39 is 0 Å². The fourth-order valence-electron chi connectivity index (χ4n) is 7.71. The van der Waals surface area contributed by atoms with Crippen LogP contribution in [0.1, 0.15) is 99.5 Å². The van der Waals surface area contributed by atoms with Crippen molar-refractivity contribution in [3.8, 4) is 17.2 Å². The third kappa shape index (κ3) is 11.7. The Labute approximate surface area is 399 Å². The smallest absolute Gasteiger partial charge is 0.193 e. The van der Waals surface area contributed by atoms with Crippen molar-refractivity contribution in [1.29, 1.82) is 0 Å². The number of hydrogen-bond acceptors (Lipinski definition) is 5. The van der Waals surface area contributed by atoms with Crippen LogP contribution in [0.5, 0.6) is 17.2 Å². The van der Waals surface area contributed by atoms with Gasteiger partial charge in [-0.05, 0) is 185 Å². The van der Waals surface area contributed by atoms with Gasteiger partial charge >= 0.3 is 0 Å². The Morgan fingerprint density at radius 2 is 0.925 bits per heavy atom. The average Bonchev–Trinajstić information content (AvgIpc) is 3.34. The molecule has 0 saturated heterocycles. The van der Waals surface area contributed by atoms with Crippen molar-refractivity contribution in [2.75, 3.05) is 9.80 Å². The van der Waals surface area contributed by atoms with Crippen LogP contribution in [0.25, 0.3) is 5.57 Å². The van der Waals surface area contributed by atoms with Crippen molar-refractivity contribution >= 4 is 39.8 Å². The molecule has 5 nitrogen and oxygen atoms in total. The topological polar surface area (TPSA) is 42.0 Å². The molecule has 0 aromatic heterocycles. The molecule has 67 heavy (non-hydrogen) atoms. The standard InChI is InChI=1S/C62H64N2O3/c1-11-47(19-18-46(6)63(52-28-14-44(4)15-29-52)53-36-42-59(43-37-53)67-62(9,10)13-3)48-22-32-55(33-23-48)64(54-30-16-45(5)17-31-54)56-34-40-58(41-35-56)66-57-38-24-50(25-39-57)60(65)49-20-26-51(27-21-49)61(7,8)12-2/h11,14-43H,6,12-13H2,1-5,7-10H3/b19-18-,47-11+. The number of carbonyl (C=O) groups excluding carboxylic acids is 1. The van der Waals surface area contributed by atoms with E-state index >= 15 is 0 Å². The van der Waals surface area contributed by atoms with E-state index in [4.69, 9.17) is 9.47 Å². The molecule has 0 N–H and O–H groups in total. The molecule has 7 aromatic rings. The van der Waals surface area contributed by atoms with E-state index in [1.807, 2.05) is 60.7 Å². The Hall–Kier alpha value is -7.37. The SMILES string of the molecule is C=C(/C=C\C(=C/C)c1ccc(N(c2ccc(C)cc2)c2ccc(Oc3ccc(C(=O)c4ccc(C(C)(C)CC)cc4)cc3)cc2)cc1)N(c1ccc(C)cc1)c1ccc(OC(C)(C)CC)cc1. The summed E-state index contributed by atoms with van der Waals surface area (Å²) in [5, 5.41) is 0. The van der Waals surface area contributed by atoms with Gasteiger partial charge in [0, 0.05) is 45.3 Å². The quantitative estimate of drug-likeness (QED) is 0.0634. The molecule has 0 spiro atoms. The number of allylic oxidation sites excluding steroid dienone is 4. The molecule has 0 amide bonds. The summed E-state index contributed by atoms with van der Waals surface area (Å²) < 4.78 is 12.5. The molecule has 0 aliphatic rings. The zero-order valence-electron chi connectivity index (χ0n) is 40.6. The second kappa shape index (κ2) is 20.9. The van der Waals surface area contributed by atoms with Crippen molar-refractivity contribution in [2.24, 2.45) is 0 Å². The van der Waals surface area contributed by atoms with Crippen molar-refractivity contribution in [3.63, 3.8) is 0 Å². The van der Waals surface area contributed by atoms with Crippen LogP contribution >= 0.6 is 0 Å². The largest absolute Gasteiger partial charge is 0.488 e. The zero-order valence-corrected chi connectivity index (χ0v) is 40.6. The summed E-state index contributed by atoms with van der Waals surface area (Å²) in [6.45, 7) is 23.8. The van der Waals surface area contributed by atoms with E-state index in [2.05, 4.69) is 206 Å². The maximum absolute atomic E-state index is 13.3. The third-order valence-corrected chi connectivity index (χ3v) is 12.7. The van der Waals surface area contributed by atoms with Gasteiger partial charge in [0.25, 0.3) is 0 Å². The molecular formula is C62H64N2O3. The highest BCUT2D eigenvalue weighted by Gasteiger charge is 2.20. The highest BCUT2D eigenvalue weighted by Crippen LogP contribution is 2.38. The second-order valence-corrected chi connectivity index (χ2v) is 18.4. The first-order valence-corrected chi connectivity index (χ1v) is 23.4. The van der Waals surface area contributed by atoms with Gasteiger partial charge in [0.15, 0.2) is 5.78 Å². The minimum atomic E-state index is -0.243. The Morgan fingerprint density at radius 1 is 0.522 bits per heavy atom. The molecule has 5 heteroatoms. The van der Waals surface area contributed by atoms with Crippen LogP contribution in [0, 0.1) is 13.8 Å². The molecule has 0 radical (unpaired) electrons. The van der Waals surface area contributed by atoms with Gasteiger partial charge in [0.2, 0.25) is 0 Å². The van der Waals surface area contributed by atoms with Gasteiger partial charge in [0.05, 0.1) is 0 Å². The predicted octanol–water partition coefficient (Wildman–Crippen LogP) is 17.4. The molecule has 7 aromatic carbocycles. The number of aryl methyl sites for hydroxylation is 2. The lowest BCUT2D eigenvalue weighted by molar-refractivity contribution is 0.103. The molecule has 7 rings (SSSR count). The van der Waals surface area contributed by atoms with Crippen molar-refractivity contribution in [1.82, 2.24) is 0 Å². The van der Waals surface area contributed by atoms with Gasteiger partial charge in [-0.1, -0.05) is 118 Å². The lowest BCUT2D eigenvalue weighted by Crippen LogP contribution is -2.26. The van der Waals surface area contributed by atoms with Crippen molar-refractivity contribution in [3.05, 3.63) is 234 Å². The first-order chi connectivity index (χ1) is 32.2. The van der Waals surface area contributed by atoms with Gasteiger partial charge in [-0.3, -0.25) is 4.79 Å². The van der Waals surface area contributed by atoms with Crippen LogP contribution < -0.4 is 19.3 Å². The summed E-state index contributed by atoms with van der Waals surface area (Å²) in [6, 6.07) is 57.4. The summed E-state index contributed by atoms with van der Waals surface area (Å²) in [6.07, 6.45) is 8.28. The Bertz CT molecular complexity index is 2810. The number of carbonyl (C=O) groups is 1. The molecule has 0 atom stereocenters. The number of ether oxygens (including phenoxy) is 2. The number of ketones is 1. The van der Waals surface area contributed by atoms with E-state index in [1.165, 1.54) is 16.7 Å². The molecule has 0 aliphatic carbocycles. The van der Waals surface area contributed by atoms with E-state index in [0.717, 1.165) is 63.9 Å². The minimum Gasteiger partial charge on any atom is -0.488 e. The number of nitrogens with zero attached hydrogens (tertiary/aromatic N) is 2. The minimum absolute atomic E-state index is 0.00808. The number of rotatable bonds is 18. The van der Waals surface area contributed by atoms with Gasteiger partial charge in [0.1, 0.15) is 22.8 Å². The van der Waals surface area contributed by atoms with Crippen LogP contribution in [0.3, 0.4) is 0 Å². The molecule has 0 heterocycles. The second-order valence-electron chi connectivity index (χ2n) is 18.4. The van der Waals surface area contributed by atoms with Crippen LogP contribution in [0.15, 0.2) is 200 Å². The van der Waals surface area contributed by atoms with Crippen LogP contribution in [-0.2, 0) is 5.41 Å². The van der Waals surface area contributed by atoms with Gasteiger partial charge < -0.3 is 19.3 Å². The first-order valence-electron chi connectivity index (χ1n) is 23.4. The Balaban J connectivity index is 1.07. The number of benzene rings is 7. The van der Waals surface area contributed by atoms with E-state index in [1.54, 1.807) is 0 Å². The normalized spacial score (nSPS) is 11.9. The lowest BCUT2D eigenvalue weighted by atomic mass is 9.82. The van der Waals surface area contributed by atoms with Crippen molar-refractivity contribution in [2.45, 2.75) is 86.2 Å². The van der Waals surface area contributed by atoms with Gasteiger partial charge in [-0.25, -0.2) is 0 Å². The van der Waals surface area contributed by atoms with Gasteiger partial charge in [-0.15, -0.1) is 0 Å². The molecule has 0 bridgehead atoms. The first kappa shape index (κ1) is 47.6. The highest BCUT2D eigenvalue weighted by atomic mass is 16.5. The average molecular weight is 885 g/mol. The highest BCUT2D eigenvalue weighted by molar-refractivity contribution is 6.09. The van der Waals surface area contributed by atoms with Crippen LogP contribution in [0.2, 0.25) is 0 Å². The van der Waals surface area contributed by atoms with Crippen molar-refractivity contribution < 1.29 is 14.3 Å². The fourth-order valence-corrected chi connectivity index (χ4v) is 7.71. The molecule has 0 unspecified atom stereocenters. The monoisotopic (exact) mass is 884 g/mol. The molecular weight excluding hydrogens is 821 g/mol. The molecule has 0 fully saturated rings. The third-order valence-electron chi connectivity index (χ3n) is 12.7. The summed E-state index contributed by atoms with van der Waals surface area (Å²) >= 11 is 0.